The van der Waals surface area contributed by atoms with Crippen LogP contribution in [0.25, 0.3) is 0 Å². The maximum absolute atomic E-state index is 13.5. The van der Waals surface area contributed by atoms with Crippen molar-refractivity contribution in [3.63, 3.8) is 0 Å². The average Bonchev–Trinajstić information content (AvgIpc) is 3.55. The minimum Gasteiger partial charge on any atom is -0.378 e. The van der Waals surface area contributed by atoms with Crippen molar-refractivity contribution in [2.24, 2.45) is 27.1 Å². The molecule has 2 fully saturated rings. The summed E-state index contributed by atoms with van der Waals surface area (Å²) in [5.41, 5.74) is 7.00. The van der Waals surface area contributed by atoms with E-state index in [4.69, 9.17) is 5.41 Å². The van der Waals surface area contributed by atoms with E-state index in [1.165, 1.54) is 11.3 Å². The molecule has 0 radical (unpaired) electrons. The summed E-state index contributed by atoms with van der Waals surface area (Å²) in [5, 5.41) is 21.6. The second kappa shape index (κ2) is 11.9. The van der Waals surface area contributed by atoms with E-state index in [0.29, 0.717) is 60.4 Å². The zero-order valence-corrected chi connectivity index (χ0v) is 28.9. The van der Waals surface area contributed by atoms with Gasteiger partial charge in [-0.2, -0.15) is 0 Å². The first-order valence-corrected chi connectivity index (χ1v) is 17.0. The van der Waals surface area contributed by atoms with Crippen molar-refractivity contribution >= 4 is 57.7 Å². The smallest absolute Gasteiger partial charge is 0.326 e. The second-order valence-corrected chi connectivity index (χ2v) is 14.2. The summed E-state index contributed by atoms with van der Waals surface area (Å²) >= 11 is 1.50. The molecule has 254 valence electrons. The first-order chi connectivity index (χ1) is 23.3. The van der Waals surface area contributed by atoms with Crippen molar-refractivity contribution in [3.05, 3.63) is 87.0 Å². The van der Waals surface area contributed by atoms with E-state index in [1.54, 1.807) is 59.5 Å². The monoisotopic (exact) mass is 681 g/mol. The molecular weight excluding hydrogens is 643 g/mol. The highest BCUT2D eigenvalue weighted by molar-refractivity contribution is 7.12. The molecule has 13 nitrogen and oxygen atoms in total. The molecule has 4 aromatic rings. The summed E-state index contributed by atoms with van der Waals surface area (Å²) in [4.78, 5) is 54.7. The topological polar surface area (TPSA) is 158 Å². The molecule has 1 aliphatic heterocycles. The van der Waals surface area contributed by atoms with Crippen LogP contribution in [-0.4, -0.2) is 61.0 Å². The number of hydrogen-bond acceptors (Lipinski definition) is 7. The quantitative estimate of drug-likeness (QED) is 0.149. The molecule has 14 heteroatoms. The second-order valence-electron chi connectivity index (χ2n) is 13.3. The molecule has 7 rings (SSSR count). The van der Waals surface area contributed by atoms with Gasteiger partial charge >= 0.3 is 6.03 Å². The molecule has 5 N–H and O–H groups in total. The number of nitrogens with one attached hydrogen (secondary N) is 5. The molecule has 1 saturated carbocycles. The lowest BCUT2D eigenvalue weighted by Gasteiger charge is -2.28. The Balaban J connectivity index is 0.959. The van der Waals surface area contributed by atoms with Gasteiger partial charge in [-0.15, -0.1) is 11.3 Å². The highest BCUT2D eigenvalue weighted by Crippen LogP contribution is 2.67. The number of aromatic nitrogens is 3. The largest absolute Gasteiger partial charge is 0.378 e. The Kier molecular flexibility index (Phi) is 7.85. The van der Waals surface area contributed by atoms with Gasteiger partial charge in [-0.3, -0.25) is 19.3 Å². The first-order valence-electron chi connectivity index (χ1n) is 16.1. The normalized spacial score (nSPS) is 18.7. The number of carbonyl (C=O) groups is 4. The van der Waals surface area contributed by atoms with Gasteiger partial charge in [-0.25, -0.2) is 4.79 Å². The van der Waals surface area contributed by atoms with Crippen LogP contribution in [0.4, 0.5) is 21.9 Å². The van der Waals surface area contributed by atoms with Crippen molar-refractivity contribution in [2.45, 2.75) is 38.6 Å². The van der Waals surface area contributed by atoms with Gasteiger partial charge in [0.2, 0.25) is 0 Å². The van der Waals surface area contributed by atoms with Gasteiger partial charge in [0.05, 0.1) is 28.5 Å². The van der Waals surface area contributed by atoms with Gasteiger partial charge in [-0.1, -0.05) is 0 Å². The number of piperidine rings is 1. The summed E-state index contributed by atoms with van der Waals surface area (Å²) in [5.74, 6) is -0.279. The third-order valence-electron chi connectivity index (χ3n) is 9.77. The molecule has 4 aromatic heterocycles. The highest BCUT2D eigenvalue weighted by Gasteiger charge is 2.68. The molecule has 1 spiro atoms. The molecule has 2 atom stereocenters. The summed E-state index contributed by atoms with van der Waals surface area (Å²) in [6, 6.07) is 5.04. The van der Waals surface area contributed by atoms with E-state index < -0.39 is 0 Å². The maximum atomic E-state index is 13.5. The minimum absolute atomic E-state index is 0.0194. The molecule has 4 amide bonds. The van der Waals surface area contributed by atoms with Gasteiger partial charge in [0.15, 0.2) is 5.78 Å². The fourth-order valence-corrected chi connectivity index (χ4v) is 8.31. The van der Waals surface area contributed by atoms with Crippen molar-refractivity contribution in [1.29, 1.82) is 5.41 Å². The molecule has 1 saturated heterocycles. The summed E-state index contributed by atoms with van der Waals surface area (Å²) < 4.78 is 5.31. The van der Waals surface area contributed by atoms with E-state index in [9.17, 15) is 19.2 Å². The number of anilines is 3. The third-order valence-corrected chi connectivity index (χ3v) is 10.9. The van der Waals surface area contributed by atoms with Gasteiger partial charge < -0.3 is 40.4 Å². The fourth-order valence-electron chi connectivity index (χ4n) is 7.26. The van der Waals surface area contributed by atoms with Gasteiger partial charge in [0.1, 0.15) is 11.4 Å². The first kappa shape index (κ1) is 32.2. The zero-order valence-electron chi connectivity index (χ0n) is 28.1. The average molecular weight is 682 g/mol. The summed E-state index contributed by atoms with van der Waals surface area (Å²) in [7, 11) is 5.43. The number of urea groups is 1. The van der Waals surface area contributed by atoms with Crippen LogP contribution < -0.4 is 21.3 Å². The number of thiophene rings is 1. The molecule has 49 heavy (non-hydrogen) atoms. The fraction of sp³-hybridized carbons (Fsp3) is 0.343. The van der Waals surface area contributed by atoms with E-state index in [1.807, 2.05) is 35.5 Å². The lowest BCUT2D eigenvalue weighted by molar-refractivity contribution is 0.0945. The number of ketones is 1. The number of rotatable bonds is 10. The standard InChI is InChI=1S/C35H39N9O4S/c1-19-18-49-31-28(45)11-29-35(30(19)31)12-21(35)14-44(29)34(48)40-23-8-25(41(3)16-23)13-38-22-9-27(42(4)15-22)33(47)39-24-10-26(43(5)17-24)32(46)37-7-6-20(2)36/h8-11,15-18,21,36,38H,6-7,12-14H2,1-5H3,(H,37,46)(H,39,47)(H,40,48). The molecule has 0 aromatic carbocycles. The van der Waals surface area contributed by atoms with Crippen LogP contribution in [0.3, 0.4) is 0 Å². The molecular formula is C35H39N9O4S. The van der Waals surface area contributed by atoms with Crippen molar-refractivity contribution < 1.29 is 19.2 Å². The zero-order chi connectivity index (χ0) is 34.8. The molecule has 2 aliphatic carbocycles. The number of hydrogen-bond donors (Lipinski definition) is 5. The summed E-state index contributed by atoms with van der Waals surface area (Å²) in [6.45, 7) is 5.16. The Bertz CT molecular complexity index is 2100. The van der Waals surface area contributed by atoms with E-state index in [0.717, 1.165) is 39.5 Å². The van der Waals surface area contributed by atoms with Crippen LogP contribution in [0.15, 0.2) is 53.9 Å². The van der Waals surface area contributed by atoms with Crippen LogP contribution in [0.1, 0.15) is 67.2 Å². The van der Waals surface area contributed by atoms with E-state index in [2.05, 4.69) is 28.2 Å². The number of likely N-dealkylation sites (tertiary alicyclic amines) is 1. The molecule has 5 heterocycles. The number of allylic oxidation sites excluding steroid dienone is 2. The van der Waals surface area contributed by atoms with E-state index in [-0.39, 0.29) is 29.0 Å². The van der Waals surface area contributed by atoms with Crippen LogP contribution in [0.5, 0.6) is 0 Å². The predicted octanol–water partition coefficient (Wildman–Crippen LogP) is 4.98. The number of amides is 4. The number of aryl methyl sites for hydroxylation is 4. The van der Waals surface area contributed by atoms with Crippen LogP contribution >= 0.6 is 11.3 Å². The molecule has 0 bridgehead atoms. The van der Waals surface area contributed by atoms with Crippen molar-refractivity contribution in [1.82, 2.24) is 23.9 Å². The number of carbonyl (C=O) groups excluding carboxylic acids is 4. The molecule has 3 aliphatic rings. The molecule has 2 unspecified atom stereocenters. The highest BCUT2D eigenvalue weighted by atomic mass is 32.1. The Morgan fingerprint density at radius 3 is 2.39 bits per heavy atom. The lowest BCUT2D eigenvalue weighted by Crippen LogP contribution is -2.36. The predicted molar refractivity (Wildman–Crippen MR) is 189 cm³/mol. The Morgan fingerprint density at radius 1 is 0.959 bits per heavy atom. The van der Waals surface area contributed by atoms with Crippen LogP contribution in [-0.2, 0) is 33.1 Å². The van der Waals surface area contributed by atoms with E-state index >= 15 is 0 Å². The number of fused-ring (bicyclic) bond motifs is 1. The van der Waals surface area contributed by atoms with Gasteiger partial charge in [-0.05, 0) is 60.9 Å². The Labute approximate surface area is 287 Å². The summed E-state index contributed by atoms with van der Waals surface area (Å²) in [6.07, 6.45) is 8.48. The van der Waals surface area contributed by atoms with Crippen molar-refractivity contribution in [2.75, 3.05) is 29.0 Å². The Hall–Kier alpha value is -5.37. The third kappa shape index (κ3) is 5.65. The Morgan fingerprint density at radius 2 is 1.63 bits per heavy atom. The van der Waals surface area contributed by atoms with Crippen LogP contribution in [0, 0.1) is 18.3 Å². The number of nitrogens with zero attached hydrogens (tertiary/aromatic N) is 4. The maximum Gasteiger partial charge on any atom is 0.326 e. The van der Waals surface area contributed by atoms with Crippen molar-refractivity contribution in [3.8, 4) is 0 Å². The minimum atomic E-state index is -0.321. The SMILES string of the molecule is CC(=N)CCNC(=O)c1cc(NC(=O)c2cc(NCc3cc(NC(=O)N4CC5CC56C4=CC(=O)c4scc(C)c46)cn3C)cn2C)cn1C. The van der Waals surface area contributed by atoms with Gasteiger partial charge in [0, 0.05) is 87.8 Å². The van der Waals surface area contributed by atoms with Gasteiger partial charge in [0.25, 0.3) is 11.8 Å². The lowest BCUT2D eigenvalue weighted by atomic mass is 9.84. The van der Waals surface area contributed by atoms with Crippen LogP contribution in [0.2, 0.25) is 0 Å².